The first-order valence-corrected chi connectivity index (χ1v) is 8.01. The molecule has 0 aromatic heterocycles. The Morgan fingerprint density at radius 2 is 1.47 bits per heavy atom. The Balaban J connectivity index is 2.81. The van der Waals surface area contributed by atoms with E-state index in [1.54, 1.807) is 0 Å². The van der Waals surface area contributed by atoms with E-state index in [0.717, 1.165) is 5.92 Å². The van der Waals surface area contributed by atoms with Gasteiger partial charge in [0.1, 0.15) is 5.75 Å². The quantitative estimate of drug-likeness (QED) is 0.589. The van der Waals surface area contributed by atoms with Crippen molar-refractivity contribution in [2.24, 2.45) is 5.92 Å². The van der Waals surface area contributed by atoms with E-state index in [-0.39, 0.29) is 0 Å². The number of aromatic hydroxyl groups is 1. The molecule has 0 spiro atoms. The van der Waals surface area contributed by atoms with Crippen molar-refractivity contribution in [2.45, 2.75) is 71.6 Å². The molecular weight excluding hydrogens is 232 g/mol. The smallest absolute Gasteiger partial charge is 0.115 e. The maximum absolute atomic E-state index is 9.45. The van der Waals surface area contributed by atoms with Gasteiger partial charge in [-0.25, -0.2) is 0 Å². The van der Waals surface area contributed by atoms with Crippen LogP contribution in [0.4, 0.5) is 0 Å². The zero-order chi connectivity index (χ0) is 14.1. The molecule has 0 radical (unpaired) electrons. The molecule has 0 aliphatic rings. The van der Waals surface area contributed by atoms with Gasteiger partial charge < -0.3 is 5.11 Å². The molecule has 0 aliphatic carbocycles. The summed E-state index contributed by atoms with van der Waals surface area (Å²) < 4.78 is 0. The van der Waals surface area contributed by atoms with Crippen molar-refractivity contribution >= 4 is 0 Å². The van der Waals surface area contributed by atoms with Crippen LogP contribution in [0, 0.1) is 5.92 Å². The van der Waals surface area contributed by atoms with Gasteiger partial charge in [0.15, 0.2) is 0 Å². The van der Waals surface area contributed by atoms with Crippen LogP contribution in [0.15, 0.2) is 24.3 Å². The summed E-state index contributed by atoms with van der Waals surface area (Å²) in [4.78, 5) is 0. The minimum Gasteiger partial charge on any atom is -0.508 e. The van der Waals surface area contributed by atoms with E-state index in [4.69, 9.17) is 0 Å². The van der Waals surface area contributed by atoms with Crippen molar-refractivity contribution < 1.29 is 5.11 Å². The van der Waals surface area contributed by atoms with E-state index in [1.165, 1.54) is 50.5 Å². The molecule has 1 N–H and O–H groups in total. The van der Waals surface area contributed by atoms with Gasteiger partial charge in [-0.1, -0.05) is 65.0 Å². The molecule has 0 amide bonds. The molecule has 108 valence electrons. The lowest BCUT2D eigenvalue weighted by molar-refractivity contribution is 0.349. The average Bonchev–Trinajstić information content (AvgIpc) is 2.44. The predicted octanol–water partition coefficient (Wildman–Crippen LogP) is 5.88. The molecule has 1 aromatic carbocycles. The third-order valence-corrected chi connectivity index (χ3v) is 4.21. The van der Waals surface area contributed by atoms with Crippen LogP contribution in [-0.4, -0.2) is 5.11 Å². The van der Waals surface area contributed by atoms with Gasteiger partial charge >= 0.3 is 0 Å². The van der Waals surface area contributed by atoms with E-state index < -0.39 is 0 Å². The molecule has 1 aromatic rings. The molecule has 0 fully saturated rings. The highest BCUT2D eigenvalue weighted by atomic mass is 16.3. The Morgan fingerprint density at radius 1 is 0.895 bits per heavy atom. The lowest BCUT2D eigenvalue weighted by atomic mass is 9.78. The number of hydrogen-bond donors (Lipinski definition) is 1. The van der Waals surface area contributed by atoms with Crippen LogP contribution in [0.2, 0.25) is 0 Å². The summed E-state index contributed by atoms with van der Waals surface area (Å²) in [6.45, 7) is 6.86. The fourth-order valence-corrected chi connectivity index (χ4v) is 2.98. The van der Waals surface area contributed by atoms with E-state index in [2.05, 4.69) is 32.9 Å². The molecule has 1 nitrogen and oxygen atoms in total. The van der Waals surface area contributed by atoms with Gasteiger partial charge in [-0.3, -0.25) is 0 Å². The number of hydrogen-bond acceptors (Lipinski definition) is 1. The second kappa shape index (κ2) is 9.01. The topological polar surface area (TPSA) is 20.2 Å². The summed E-state index contributed by atoms with van der Waals surface area (Å²) in [6, 6.07) is 7.90. The maximum Gasteiger partial charge on any atom is 0.115 e. The highest BCUT2D eigenvalue weighted by Gasteiger charge is 2.20. The Kier molecular flexibility index (Phi) is 7.62. The van der Waals surface area contributed by atoms with Crippen LogP contribution in [0.25, 0.3) is 0 Å². The number of phenols is 1. The van der Waals surface area contributed by atoms with Crippen LogP contribution < -0.4 is 0 Å². The van der Waals surface area contributed by atoms with Crippen molar-refractivity contribution in [1.29, 1.82) is 0 Å². The average molecular weight is 262 g/mol. The Labute approximate surface area is 119 Å². The lowest BCUT2D eigenvalue weighted by Gasteiger charge is -2.27. The molecule has 19 heavy (non-hydrogen) atoms. The Morgan fingerprint density at radius 3 is 2.00 bits per heavy atom. The highest BCUT2D eigenvalue weighted by molar-refractivity contribution is 5.28. The molecule has 2 unspecified atom stereocenters. The Hall–Kier alpha value is -0.980. The SMILES string of the molecule is CCCCC(CC)C(CCCC)c1ccc(O)cc1. The lowest BCUT2D eigenvalue weighted by Crippen LogP contribution is -2.13. The van der Waals surface area contributed by atoms with Crippen molar-refractivity contribution in [1.82, 2.24) is 0 Å². The number of rotatable bonds is 9. The molecule has 1 heteroatoms. The maximum atomic E-state index is 9.45. The summed E-state index contributed by atoms with van der Waals surface area (Å²) in [5.41, 5.74) is 1.41. The first-order chi connectivity index (χ1) is 9.22. The van der Waals surface area contributed by atoms with Crippen molar-refractivity contribution in [3.63, 3.8) is 0 Å². The Bertz CT molecular complexity index is 328. The molecule has 0 saturated carbocycles. The first-order valence-electron chi connectivity index (χ1n) is 8.01. The fourth-order valence-electron chi connectivity index (χ4n) is 2.98. The van der Waals surface area contributed by atoms with Crippen molar-refractivity contribution in [2.75, 3.05) is 0 Å². The number of phenolic OH excluding ortho intramolecular Hbond substituents is 1. The zero-order valence-electron chi connectivity index (χ0n) is 12.9. The standard InChI is InChI=1S/C18H30O/c1-4-7-9-15(6-3)18(10-8-5-2)16-11-13-17(19)14-12-16/h11-15,18-19H,4-10H2,1-3H3. The van der Waals surface area contributed by atoms with Gasteiger partial charge in [0.25, 0.3) is 0 Å². The van der Waals surface area contributed by atoms with E-state index in [1.807, 2.05) is 12.1 Å². The van der Waals surface area contributed by atoms with Crippen LogP contribution in [0.3, 0.4) is 0 Å². The van der Waals surface area contributed by atoms with Gasteiger partial charge in [0.2, 0.25) is 0 Å². The van der Waals surface area contributed by atoms with Gasteiger partial charge in [0, 0.05) is 0 Å². The summed E-state index contributed by atoms with van der Waals surface area (Å²) in [5.74, 6) is 1.83. The molecule has 0 bridgehead atoms. The molecule has 0 saturated heterocycles. The summed E-state index contributed by atoms with van der Waals surface area (Å²) in [5, 5.41) is 9.45. The normalized spacial score (nSPS) is 14.3. The van der Waals surface area contributed by atoms with Crippen molar-refractivity contribution in [3.05, 3.63) is 29.8 Å². The predicted molar refractivity (Wildman–Crippen MR) is 83.7 cm³/mol. The third kappa shape index (κ3) is 5.26. The van der Waals surface area contributed by atoms with E-state index in [9.17, 15) is 5.11 Å². The second-order valence-corrected chi connectivity index (χ2v) is 5.65. The largest absolute Gasteiger partial charge is 0.508 e. The zero-order valence-corrected chi connectivity index (χ0v) is 12.9. The summed E-state index contributed by atoms with van der Waals surface area (Å²) in [7, 11) is 0. The first kappa shape index (κ1) is 16.1. The van der Waals surface area contributed by atoms with Crippen molar-refractivity contribution in [3.8, 4) is 5.75 Å². The van der Waals surface area contributed by atoms with Gasteiger partial charge in [-0.05, 0) is 42.4 Å². The minimum absolute atomic E-state index is 0.375. The molecule has 2 atom stereocenters. The van der Waals surface area contributed by atoms with Crippen LogP contribution in [0.5, 0.6) is 5.75 Å². The minimum atomic E-state index is 0.375. The monoisotopic (exact) mass is 262 g/mol. The van der Waals surface area contributed by atoms with Gasteiger partial charge in [-0.2, -0.15) is 0 Å². The van der Waals surface area contributed by atoms with E-state index in [0.29, 0.717) is 11.7 Å². The second-order valence-electron chi connectivity index (χ2n) is 5.65. The van der Waals surface area contributed by atoms with Crippen LogP contribution in [0.1, 0.15) is 77.2 Å². The molecule has 0 heterocycles. The van der Waals surface area contributed by atoms with E-state index >= 15 is 0 Å². The molecule has 1 rings (SSSR count). The fraction of sp³-hybridized carbons (Fsp3) is 0.667. The van der Waals surface area contributed by atoms with Crippen LogP contribution >= 0.6 is 0 Å². The highest BCUT2D eigenvalue weighted by Crippen LogP contribution is 2.35. The third-order valence-electron chi connectivity index (χ3n) is 4.21. The number of unbranched alkanes of at least 4 members (excludes halogenated alkanes) is 2. The summed E-state index contributed by atoms with van der Waals surface area (Å²) >= 11 is 0. The van der Waals surface area contributed by atoms with Gasteiger partial charge in [-0.15, -0.1) is 0 Å². The number of benzene rings is 1. The van der Waals surface area contributed by atoms with Crippen LogP contribution in [-0.2, 0) is 0 Å². The van der Waals surface area contributed by atoms with Gasteiger partial charge in [0.05, 0.1) is 0 Å². The molecule has 0 aliphatic heterocycles. The summed E-state index contributed by atoms with van der Waals surface area (Å²) in [6.07, 6.45) is 9.06. The molecular formula is C18H30O.